The Morgan fingerprint density at radius 1 is 1.05 bits per heavy atom. The molecule has 1 fully saturated rings. The van der Waals surface area contributed by atoms with Crippen LogP contribution in [0.5, 0.6) is 0 Å². The van der Waals surface area contributed by atoms with Crippen molar-refractivity contribution in [3.05, 3.63) is 76.8 Å². The Morgan fingerprint density at radius 3 is 2.49 bits per heavy atom. The lowest BCUT2D eigenvalue weighted by Gasteiger charge is -2.30. The number of amides is 3. The molecule has 1 heterocycles. The molecular weight excluding hydrogens is 486 g/mol. The quantitative estimate of drug-likeness (QED) is 0.395. The summed E-state index contributed by atoms with van der Waals surface area (Å²) in [6.07, 6.45) is 4.97. The molecular formula is C30H32ClN3O3. The van der Waals surface area contributed by atoms with Crippen LogP contribution in [0.15, 0.2) is 60.7 Å². The van der Waals surface area contributed by atoms with Crippen LogP contribution in [-0.2, 0) is 16.1 Å². The van der Waals surface area contributed by atoms with Gasteiger partial charge in [-0.25, -0.2) is 0 Å². The molecule has 1 aliphatic carbocycles. The molecule has 1 N–H and O–H groups in total. The first-order valence-electron chi connectivity index (χ1n) is 13.1. The smallest absolute Gasteiger partial charge is 0.258 e. The lowest BCUT2D eigenvalue weighted by atomic mass is 10.1. The predicted octanol–water partition coefficient (Wildman–Crippen LogP) is 5.71. The van der Waals surface area contributed by atoms with Gasteiger partial charge in [0.2, 0.25) is 11.8 Å². The summed E-state index contributed by atoms with van der Waals surface area (Å²) in [5, 5.41) is 5.77. The van der Waals surface area contributed by atoms with Crippen LogP contribution in [0.3, 0.4) is 0 Å². The number of anilines is 1. The highest BCUT2D eigenvalue weighted by Crippen LogP contribution is 2.37. The lowest BCUT2D eigenvalue weighted by molar-refractivity contribution is -0.141. The normalized spacial score (nSPS) is 15.8. The van der Waals surface area contributed by atoms with E-state index in [1.54, 1.807) is 28.9 Å². The van der Waals surface area contributed by atoms with E-state index in [4.69, 9.17) is 11.6 Å². The number of carbonyl (C=O) groups is 3. The standard InChI is InChI=1S/C30H32ClN3O3/c1-20(29(36)32-24-9-2-3-10-24)34(19-21-14-16-23(31)17-15-21)27(35)13-6-18-33-26-12-5-8-22-7-4-11-25(28(22)26)30(33)37/h4-5,7-8,11-12,14-17,20,24H,2-3,6,9-10,13,18-19H2,1H3,(H,32,36). The Morgan fingerprint density at radius 2 is 1.76 bits per heavy atom. The topological polar surface area (TPSA) is 69.7 Å². The van der Waals surface area contributed by atoms with Crippen molar-refractivity contribution in [3.63, 3.8) is 0 Å². The van der Waals surface area contributed by atoms with Crippen molar-refractivity contribution in [2.45, 2.75) is 64.1 Å². The van der Waals surface area contributed by atoms with E-state index in [1.165, 1.54) is 0 Å². The van der Waals surface area contributed by atoms with Crippen LogP contribution in [0.1, 0.15) is 61.4 Å². The van der Waals surface area contributed by atoms with E-state index in [0.717, 1.165) is 47.7 Å². The number of carbonyl (C=O) groups excluding carboxylic acids is 3. The summed E-state index contributed by atoms with van der Waals surface area (Å²) in [5.74, 6) is -0.251. The van der Waals surface area contributed by atoms with Gasteiger partial charge in [0.15, 0.2) is 0 Å². The molecule has 0 saturated heterocycles. The molecule has 6 nitrogen and oxygen atoms in total. The molecule has 1 saturated carbocycles. The second-order valence-corrected chi connectivity index (χ2v) is 10.5. The molecule has 1 aliphatic heterocycles. The zero-order chi connectivity index (χ0) is 25.9. The summed E-state index contributed by atoms with van der Waals surface area (Å²) in [4.78, 5) is 43.0. The van der Waals surface area contributed by atoms with Crippen LogP contribution in [0.4, 0.5) is 5.69 Å². The van der Waals surface area contributed by atoms with E-state index in [-0.39, 0.29) is 30.2 Å². The van der Waals surface area contributed by atoms with Crippen LogP contribution in [-0.4, -0.2) is 41.2 Å². The van der Waals surface area contributed by atoms with E-state index in [1.807, 2.05) is 48.5 Å². The highest BCUT2D eigenvalue weighted by Gasteiger charge is 2.31. The molecule has 7 heteroatoms. The Labute approximate surface area is 222 Å². The van der Waals surface area contributed by atoms with Gasteiger partial charge in [-0.05, 0) is 61.4 Å². The summed E-state index contributed by atoms with van der Waals surface area (Å²) in [6, 6.07) is 18.6. The number of rotatable bonds is 9. The molecule has 0 bridgehead atoms. The second-order valence-electron chi connectivity index (χ2n) is 10.1. The van der Waals surface area contributed by atoms with E-state index in [2.05, 4.69) is 5.32 Å². The van der Waals surface area contributed by atoms with Crippen molar-refractivity contribution in [2.24, 2.45) is 0 Å². The third-order valence-electron chi connectivity index (χ3n) is 7.56. The first-order valence-corrected chi connectivity index (χ1v) is 13.5. The summed E-state index contributed by atoms with van der Waals surface area (Å²) in [6.45, 7) is 2.55. The largest absolute Gasteiger partial charge is 0.352 e. The fraction of sp³-hybridized carbons (Fsp3) is 0.367. The zero-order valence-electron chi connectivity index (χ0n) is 21.1. The number of hydrogen-bond donors (Lipinski definition) is 1. The van der Waals surface area contributed by atoms with Gasteiger partial charge in [0.1, 0.15) is 6.04 Å². The fourth-order valence-electron chi connectivity index (χ4n) is 5.49. The summed E-state index contributed by atoms with van der Waals surface area (Å²) in [5.41, 5.74) is 2.52. The predicted molar refractivity (Wildman–Crippen MR) is 147 cm³/mol. The molecule has 0 aromatic heterocycles. The Bertz CT molecular complexity index is 1310. The van der Waals surface area contributed by atoms with Gasteiger partial charge in [-0.3, -0.25) is 14.4 Å². The SMILES string of the molecule is CC(C(=O)NC1CCCC1)N(Cc1ccc(Cl)cc1)C(=O)CCCN1C(=O)c2cccc3cccc1c23. The minimum atomic E-state index is -0.602. The maximum Gasteiger partial charge on any atom is 0.258 e. The number of hydrogen-bond acceptors (Lipinski definition) is 3. The maximum absolute atomic E-state index is 13.5. The molecule has 0 radical (unpaired) electrons. The van der Waals surface area contributed by atoms with Gasteiger partial charge in [0.25, 0.3) is 5.91 Å². The van der Waals surface area contributed by atoms with Crippen LogP contribution in [0.25, 0.3) is 10.8 Å². The molecule has 37 heavy (non-hydrogen) atoms. The molecule has 1 unspecified atom stereocenters. The number of benzene rings is 3. The number of halogens is 1. The van der Waals surface area contributed by atoms with E-state index in [0.29, 0.717) is 30.1 Å². The third kappa shape index (κ3) is 5.35. The van der Waals surface area contributed by atoms with Gasteiger partial charge in [0.05, 0.1) is 5.69 Å². The fourth-order valence-corrected chi connectivity index (χ4v) is 5.62. The van der Waals surface area contributed by atoms with Gasteiger partial charge >= 0.3 is 0 Å². The van der Waals surface area contributed by atoms with Gasteiger partial charge in [-0.1, -0.05) is 60.8 Å². The van der Waals surface area contributed by atoms with Crippen LogP contribution >= 0.6 is 11.6 Å². The monoisotopic (exact) mass is 517 g/mol. The van der Waals surface area contributed by atoms with Gasteiger partial charge in [-0.15, -0.1) is 0 Å². The van der Waals surface area contributed by atoms with Crippen molar-refractivity contribution >= 4 is 45.8 Å². The number of nitrogens with one attached hydrogen (secondary N) is 1. The molecule has 1 atom stereocenters. The van der Waals surface area contributed by atoms with Crippen LogP contribution in [0, 0.1) is 0 Å². The van der Waals surface area contributed by atoms with Crippen molar-refractivity contribution in [2.75, 3.05) is 11.4 Å². The average molecular weight is 518 g/mol. The van der Waals surface area contributed by atoms with Crippen LogP contribution in [0.2, 0.25) is 5.02 Å². The van der Waals surface area contributed by atoms with Crippen molar-refractivity contribution in [1.82, 2.24) is 10.2 Å². The maximum atomic E-state index is 13.5. The molecule has 2 aliphatic rings. The van der Waals surface area contributed by atoms with Gasteiger partial charge in [-0.2, -0.15) is 0 Å². The zero-order valence-corrected chi connectivity index (χ0v) is 21.8. The summed E-state index contributed by atoms with van der Waals surface area (Å²) >= 11 is 6.05. The molecule has 5 rings (SSSR count). The molecule has 0 spiro atoms. The molecule has 3 aromatic carbocycles. The Kier molecular flexibility index (Phi) is 7.47. The third-order valence-corrected chi connectivity index (χ3v) is 7.81. The van der Waals surface area contributed by atoms with Crippen molar-refractivity contribution < 1.29 is 14.4 Å². The lowest BCUT2D eigenvalue weighted by Crippen LogP contribution is -2.49. The molecule has 3 aromatic rings. The van der Waals surface area contributed by atoms with E-state index < -0.39 is 6.04 Å². The minimum Gasteiger partial charge on any atom is -0.352 e. The highest BCUT2D eigenvalue weighted by atomic mass is 35.5. The summed E-state index contributed by atoms with van der Waals surface area (Å²) in [7, 11) is 0. The van der Waals surface area contributed by atoms with Gasteiger partial charge in [0, 0.05) is 41.5 Å². The highest BCUT2D eigenvalue weighted by molar-refractivity contribution is 6.30. The minimum absolute atomic E-state index is 0.0263. The van der Waals surface area contributed by atoms with Gasteiger partial charge < -0.3 is 15.1 Å². The van der Waals surface area contributed by atoms with E-state index >= 15 is 0 Å². The van der Waals surface area contributed by atoms with Crippen LogP contribution < -0.4 is 10.2 Å². The average Bonchev–Trinajstić information content (AvgIpc) is 3.51. The first-order chi connectivity index (χ1) is 17.9. The molecule has 3 amide bonds. The molecule has 192 valence electrons. The van der Waals surface area contributed by atoms with Crippen molar-refractivity contribution in [3.8, 4) is 0 Å². The Balaban J connectivity index is 1.27. The summed E-state index contributed by atoms with van der Waals surface area (Å²) < 4.78 is 0. The van der Waals surface area contributed by atoms with E-state index in [9.17, 15) is 14.4 Å². The number of nitrogens with zero attached hydrogens (tertiary/aromatic N) is 2. The first kappa shape index (κ1) is 25.3. The van der Waals surface area contributed by atoms with Crippen molar-refractivity contribution in [1.29, 1.82) is 0 Å². The second kappa shape index (κ2) is 10.9. The Hall–Kier alpha value is -3.38.